The predicted molar refractivity (Wildman–Crippen MR) is 72.7 cm³/mol. The van der Waals surface area contributed by atoms with Gasteiger partial charge in [-0.05, 0) is 27.7 Å². The van der Waals surface area contributed by atoms with Crippen LogP contribution in [0.5, 0.6) is 0 Å². The lowest BCUT2D eigenvalue weighted by molar-refractivity contribution is -0.148. The number of nitrogens with zero attached hydrogens (tertiary/aromatic N) is 2. The predicted octanol–water partition coefficient (Wildman–Crippen LogP) is 0.208. The molecule has 0 saturated carbocycles. The van der Waals surface area contributed by atoms with Gasteiger partial charge < -0.3 is 9.30 Å². The molecule has 4 nitrogen and oxygen atoms in total. The third-order valence-corrected chi connectivity index (χ3v) is 5.33. The summed E-state index contributed by atoms with van der Waals surface area (Å²) in [6.07, 6.45) is 0. The van der Waals surface area contributed by atoms with Crippen molar-refractivity contribution >= 4 is 16.4 Å². The number of hydrogen-bond acceptors (Lipinski definition) is 4. The summed E-state index contributed by atoms with van der Waals surface area (Å²) in [5, 5.41) is 0. The van der Waals surface area contributed by atoms with E-state index in [4.69, 9.17) is 4.74 Å². The van der Waals surface area contributed by atoms with Crippen LogP contribution >= 0.6 is 0 Å². The summed E-state index contributed by atoms with van der Waals surface area (Å²) in [6, 6.07) is 0.513. The number of carbonyl (C=O) groups is 1. The van der Waals surface area contributed by atoms with Crippen molar-refractivity contribution in [3.63, 3.8) is 0 Å². The SMILES string of the molecule is CCOC(=O)C(C)CN1C(C)CN([SiH3])C1(C)C. The van der Waals surface area contributed by atoms with E-state index in [-0.39, 0.29) is 17.6 Å². The van der Waals surface area contributed by atoms with Gasteiger partial charge in [-0.1, -0.05) is 6.92 Å². The van der Waals surface area contributed by atoms with Gasteiger partial charge in [0.15, 0.2) is 0 Å². The molecule has 1 aliphatic heterocycles. The normalized spacial score (nSPS) is 27.2. The average Bonchev–Trinajstić information content (AvgIpc) is 2.41. The van der Waals surface area contributed by atoms with Crippen LogP contribution in [0.4, 0.5) is 0 Å². The van der Waals surface area contributed by atoms with Crippen LogP contribution in [0.15, 0.2) is 0 Å². The van der Waals surface area contributed by atoms with Gasteiger partial charge in [0.1, 0.15) is 0 Å². The van der Waals surface area contributed by atoms with Crippen molar-refractivity contribution in [3.8, 4) is 0 Å². The number of rotatable bonds is 4. The van der Waals surface area contributed by atoms with Crippen LogP contribution < -0.4 is 0 Å². The molecule has 0 spiro atoms. The summed E-state index contributed by atoms with van der Waals surface area (Å²) in [5.74, 6) is -0.132. The molecule has 0 aromatic heterocycles. The lowest BCUT2D eigenvalue weighted by atomic mass is 10.1. The van der Waals surface area contributed by atoms with Gasteiger partial charge in [-0.2, -0.15) is 0 Å². The highest BCUT2D eigenvalue weighted by Crippen LogP contribution is 2.29. The topological polar surface area (TPSA) is 32.8 Å². The summed E-state index contributed by atoms with van der Waals surface area (Å²) in [6.45, 7) is 12.9. The van der Waals surface area contributed by atoms with Crippen LogP contribution in [0.2, 0.25) is 0 Å². The molecule has 1 rings (SSSR count). The number of hydrogen-bond donors (Lipinski definition) is 0. The fraction of sp³-hybridized carbons (Fsp3) is 0.917. The highest BCUT2D eigenvalue weighted by atomic mass is 28.2. The first kappa shape index (κ1) is 14.7. The van der Waals surface area contributed by atoms with Crippen molar-refractivity contribution in [1.29, 1.82) is 0 Å². The van der Waals surface area contributed by atoms with E-state index >= 15 is 0 Å². The Labute approximate surface area is 108 Å². The summed E-state index contributed by atoms with van der Waals surface area (Å²) in [4.78, 5) is 14.1. The van der Waals surface area contributed by atoms with Crippen LogP contribution in [-0.2, 0) is 9.53 Å². The van der Waals surface area contributed by atoms with Gasteiger partial charge in [0.2, 0.25) is 0 Å². The zero-order valence-corrected chi connectivity index (χ0v) is 14.0. The molecule has 17 heavy (non-hydrogen) atoms. The molecule has 0 aromatic rings. The van der Waals surface area contributed by atoms with Crippen molar-refractivity contribution in [3.05, 3.63) is 0 Å². The van der Waals surface area contributed by atoms with Crippen molar-refractivity contribution in [1.82, 2.24) is 9.47 Å². The Balaban J connectivity index is 2.64. The molecule has 0 aliphatic carbocycles. The maximum Gasteiger partial charge on any atom is 0.309 e. The standard InChI is InChI=1S/C12H26N2O2Si/c1-6-16-11(15)9(2)7-13-10(3)8-14(17)12(13,4)5/h9-10H,6-8H2,1-5,17H3. The Hall–Kier alpha value is -0.393. The second-order valence-corrected chi connectivity index (χ2v) is 6.61. The van der Waals surface area contributed by atoms with E-state index in [1.165, 1.54) is 0 Å². The maximum absolute atomic E-state index is 11.7. The van der Waals surface area contributed by atoms with E-state index in [0.717, 1.165) is 23.5 Å². The van der Waals surface area contributed by atoms with Gasteiger partial charge in [0, 0.05) is 19.1 Å². The van der Waals surface area contributed by atoms with Gasteiger partial charge in [-0.3, -0.25) is 9.69 Å². The molecule has 1 saturated heterocycles. The Morgan fingerprint density at radius 3 is 2.59 bits per heavy atom. The van der Waals surface area contributed by atoms with Gasteiger partial charge in [-0.15, -0.1) is 0 Å². The largest absolute Gasteiger partial charge is 0.466 e. The minimum atomic E-state index is -0.0812. The van der Waals surface area contributed by atoms with Crippen molar-refractivity contribution in [2.24, 2.45) is 5.92 Å². The van der Waals surface area contributed by atoms with Gasteiger partial charge in [0.25, 0.3) is 0 Å². The first-order chi connectivity index (χ1) is 7.80. The lowest BCUT2D eigenvalue weighted by Gasteiger charge is -2.38. The highest BCUT2D eigenvalue weighted by Gasteiger charge is 2.42. The van der Waals surface area contributed by atoms with Crippen molar-refractivity contribution < 1.29 is 9.53 Å². The fourth-order valence-corrected chi connectivity index (χ4v) is 3.32. The van der Waals surface area contributed by atoms with E-state index < -0.39 is 0 Å². The Bertz CT molecular complexity index is 284. The smallest absolute Gasteiger partial charge is 0.309 e. The van der Waals surface area contributed by atoms with Crippen LogP contribution in [0.25, 0.3) is 0 Å². The molecule has 0 N–H and O–H groups in total. The molecule has 0 amide bonds. The van der Waals surface area contributed by atoms with Crippen molar-refractivity contribution in [2.75, 3.05) is 19.7 Å². The molecule has 0 aromatic carbocycles. The highest BCUT2D eigenvalue weighted by molar-refractivity contribution is 6.05. The van der Waals surface area contributed by atoms with Crippen LogP contribution in [0.1, 0.15) is 34.6 Å². The number of ether oxygens (including phenoxy) is 1. The third-order valence-electron chi connectivity index (χ3n) is 3.87. The van der Waals surface area contributed by atoms with E-state index in [1.807, 2.05) is 13.8 Å². The van der Waals surface area contributed by atoms with E-state index in [1.54, 1.807) is 0 Å². The molecule has 5 heteroatoms. The average molecular weight is 258 g/mol. The lowest BCUT2D eigenvalue weighted by Crippen LogP contribution is -2.50. The van der Waals surface area contributed by atoms with E-state index in [9.17, 15) is 4.79 Å². The summed E-state index contributed by atoms with van der Waals surface area (Å²) >= 11 is 0. The summed E-state index contributed by atoms with van der Waals surface area (Å²) < 4.78 is 7.54. The molecule has 100 valence electrons. The van der Waals surface area contributed by atoms with Crippen molar-refractivity contribution in [2.45, 2.75) is 46.3 Å². The van der Waals surface area contributed by atoms with Gasteiger partial charge >= 0.3 is 5.97 Å². The molecule has 0 bridgehead atoms. The quantitative estimate of drug-likeness (QED) is 0.533. The van der Waals surface area contributed by atoms with Gasteiger partial charge in [0.05, 0.1) is 28.6 Å². The zero-order valence-electron chi connectivity index (χ0n) is 12.0. The maximum atomic E-state index is 11.7. The Morgan fingerprint density at radius 1 is 1.59 bits per heavy atom. The fourth-order valence-electron chi connectivity index (χ4n) is 2.53. The molecule has 2 unspecified atom stereocenters. The molecule has 1 aliphatic rings. The van der Waals surface area contributed by atoms with Crippen LogP contribution in [-0.4, -0.2) is 57.2 Å². The molecular weight excluding hydrogens is 232 g/mol. The monoisotopic (exact) mass is 258 g/mol. The van der Waals surface area contributed by atoms with Gasteiger partial charge in [-0.25, -0.2) is 0 Å². The van der Waals surface area contributed by atoms with E-state index in [2.05, 4.69) is 30.2 Å². The summed E-state index contributed by atoms with van der Waals surface area (Å²) in [5.41, 5.74) is 0.0758. The minimum absolute atomic E-state index is 0.0511. The minimum Gasteiger partial charge on any atom is -0.466 e. The third kappa shape index (κ3) is 3.08. The second kappa shape index (κ2) is 5.50. The molecular formula is C12H26N2O2Si. The molecule has 2 atom stereocenters. The Morgan fingerprint density at radius 2 is 2.18 bits per heavy atom. The first-order valence-corrected chi connectivity index (χ1v) is 7.34. The molecule has 1 heterocycles. The Kier molecular flexibility index (Phi) is 4.74. The van der Waals surface area contributed by atoms with Crippen LogP contribution in [0.3, 0.4) is 0 Å². The second-order valence-electron chi connectivity index (χ2n) is 5.53. The number of esters is 1. The zero-order chi connectivity index (χ0) is 13.2. The summed E-state index contributed by atoms with van der Waals surface area (Å²) in [7, 11) is 1.06. The van der Waals surface area contributed by atoms with E-state index in [0.29, 0.717) is 12.6 Å². The first-order valence-electron chi connectivity index (χ1n) is 6.45. The molecule has 1 fully saturated rings. The number of carbonyl (C=O) groups excluding carboxylic acids is 1. The van der Waals surface area contributed by atoms with Crippen LogP contribution in [0, 0.1) is 5.92 Å². The molecule has 0 radical (unpaired) electrons.